The molecule has 0 saturated heterocycles. The van der Waals surface area contributed by atoms with Gasteiger partial charge in [-0.15, -0.1) is 0 Å². The zero-order valence-electron chi connectivity index (χ0n) is 11.8. The molecule has 0 atom stereocenters. The number of nitrogens with two attached hydrogens (primary N) is 2. The molecule has 0 bridgehead atoms. The number of alkyl halides is 3. The molecular formula is C16H12F3N3S. The second-order valence-corrected chi connectivity index (χ2v) is 5.65. The highest BCUT2D eigenvalue weighted by Gasteiger charge is 2.30. The first-order valence-electron chi connectivity index (χ1n) is 6.42. The molecule has 0 fully saturated rings. The van der Waals surface area contributed by atoms with E-state index < -0.39 is 11.7 Å². The van der Waals surface area contributed by atoms with Crippen LogP contribution in [0.4, 0.5) is 18.9 Å². The van der Waals surface area contributed by atoms with Crippen LogP contribution >= 0.6 is 11.8 Å². The molecule has 4 N–H and O–H groups in total. The molecule has 0 spiro atoms. The molecule has 0 aliphatic rings. The monoisotopic (exact) mass is 335 g/mol. The second kappa shape index (κ2) is 6.67. The summed E-state index contributed by atoms with van der Waals surface area (Å²) in [7, 11) is 0. The first-order valence-corrected chi connectivity index (χ1v) is 7.24. The Morgan fingerprint density at radius 1 is 1.09 bits per heavy atom. The number of nitriles is 1. The van der Waals surface area contributed by atoms with Gasteiger partial charge in [0, 0.05) is 10.6 Å². The van der Waals surface area contributed by atoms with Gasteiger partial charge in [0.05, 0.1) is 16.2 Å². The molecule has 0 unspecified atom stereocenters. The fourth-order valence-corrected chi connectivity index (χ4v) is 2.69. The van der Waals surface area contributed by atoms with E-state index in [9.17, 15) is 18.4 Å². The average molecular weight is 335 g/mol. The number of anilines is 1. The topological polar surface area (TPSA) is 75.8 Å². The number of halogens is 3. The maximum atomic E-state index is 12.8. The molecular weight excluding hydrogens is 323 g/mol. The number of thioether (sulfide) groups is 1. The molecule has 2 aromatic carbocycles. The van der Waals surface area contributed by atoms with Crippen molar-refractivity contribution >= 4 is 23.0 Å². The number of para-hydroxylation sites is 1. The number of nitrogens with zero attached hydrogens (tertiary/aromatic N) is 1. The van der Waals surface area contributed by atoms with Crippen LogP contribution in [0.1, 0.15) is 11.1 Å². The Balaban J connectivity index is 2.43. The van der Waals surface area contributed by atoms with Gasteiger partial charge in [-0.1, -0.05) is 36.0 Å². The van der Waals surface area contributed by atoms with Gasteiger partial charge in [0.1, 0.15) is 6.07 Å². The number of rotatable bonds is 3. The lowest BCUT2D eigenvalue weighted by Crippen LogP contribution is -2.06. The Hall–Kier alpha value is -2.59. The molecule has 0 amide bonds. The van der Waals surface area contributed by atoms with Gasteiger partial charge in [-0.25, -0.2) is 0 Å². The van der Waals surface area contributed by atoms with Gasteiger partial charge in [0.25, 0.3) is 0 Å². The maximum absolute atomic E-state index is 12.8. The van der Waals surface area contributed by atoms with Crippen molar-refractivity contribution in [3.8, 4) is 6.07 Å². The summed E-state index contributed by atoms with van der Waals surface area (Å²) in [5, 5.41) is 9.36. The Morgan fingerprint density at radius 3 is 2.39 bits per heavy atom. The summed E-state index contributed by atoms with van der Waals surface area (Å²) in [5.41, 5.74) is 11.4. The summed E-state index contributed by atoms with van der Waals surface area (Å²) in [6.45, 7) is 0. The van der Waals surface area contributed by atoms with Crippen molar-refractivity contribution in [3.63, 3.8) is 0 Å². The Bertz CT molecular complexity index is 792. The number of benzene rings is 2. The predicted octanol–water partition coefficient (Wildman–Crippen LogP) is 4.23. The summed E-state index contributed by atoms with van der Waals surface area (Å²) in [5.74, 6) is 0. The third kappa shape index (κ3) is 3.99. The standard InChI is InChI=1S/C16H12F3N3S/c17-16(18,19)11-5-3-4-10(8-11)12(9-20)15(22)23-14-7-2-1-6-13(14)21/h1-8H,21-22H2/b15-12+. The molecule has 0 radical (unpaired) electrons. The SMILES string of the molecule is N#C/C(=C(/N)Sc1ccccc1N)c1cccc(C(F)(F)F)c1. The smallest absolute Gasteiger partial charge is 0.398 e. The van der Waals surface area contributed by atoms with E-state index in [-0.39, 0.29) is 16.2 Å². The maximum Gasteiger partial charge on any atom is 0.416 e. The van der Waals surface area contributed by atoms with Crippen molar-refractivity contribution in [3.05, 3.63) is 64.7 Å². The van der Waals surface area contributed by atoms with E-state index in [2.05, 4.69) is 0 Å². The highest BCUT2D eigenvalue weighted by molar-refractivity contribution is 8.03. The highest BCUT2D eigenvalue weighted by atomic mass is 32.2. The molecule has 2 aromatic rings. The number of hydrogen-bond donors (Lipinski definition) is 2. The van der Waals surface area contributed by atoms with E-state index in [1.807, 2.05) is 6.07 Å². The number of hydrogen-bond acceptors (Lipinski definition) is 4. The van der Waals surface area contributed by atoms with Gasteiger partial charge in [-0.2, -0.15) is 18.4 Å². The predicted molar refractivity (Wildman–Crippen MR) is 84.9 cm³/mol. The van der Waals surface area contributed by atoms with Gasteiger partial charge in [0.15, 0.2) is 0 Å². The van der Waals surface area contributed by atoms with E-state index in [1.165, 1.54) is 12.1 Å². The van der Waals surface area contributed by atoms with Crippen molar-refractivity contribution in [2.24, 2.45) is 5.73 Å². The molecule has 2 rings (SSSR count). The summed E-state index contributed by atoms with van der Waals surface area (Å²) in [4.78, 5) is 0.629. The number of nitrogen functional groups attached to an aromatic ring is 1. The summed E-state index contributed by atoms with van der Waals surface area (Å²) in [6, 6.07) is 13.2. The van der Waals surface area contributed by atoms with Crippen molar-refractivity contribution in [2.75, 3.05) is 5.73 Å². The first-order chi connectivity index (χ1) is 10.8. The van der Waals surface area contributed by atoms with E-state index in [4.69, 9.17) is 11.5 Å². The minimum Gasteiger partial charge on any atom is -0.398 e. The van der Waals surface area contributed by atoms with Gasteiger partial charge in [0.2, 0.25) is 0 Å². The van der Waals surface area contributed by atoms with Crippen molar-refractivity contribution in [1.29, 1.82) is 5.26 Å². The minimum absolute atomic E-state index is 0.0237. The lowest BCUT2D eigenvalue weighted by atomic mass is 10.0. The van der Waals surface area contributed by atoms with Crippen LogP contribution in [0.15, 0.2) is 58.5 Å². The van der Waals surface area contributed by atoms with Crippen molar-refractivity contribution < 1.29 is 13.2 Å². The minimum atomic E-state index is -4.48. The number of allylic oxidation sites excluding steroid dienone is 1. The van der Waals surface area contributed by atoms with Gasteiger partial charge < -0.3 is 11.5 Å². The zero-order valence-corrected chi connectivity index (χ0v) is 12.6. The zero-order chi connectivity index (χ0) is 17.0. The van der Waals surface area contributed by atoms with Gasteiger partial charge in [-0.3, -0.25) is 0 Å². The van der Waals surface area contributed by atoms with Crippen LogP contribution in [0.2, 0.25) is 0 Å². The molecule has 23 heavy (non-hydrogen) atoms. The molecule has 0 aliphatic heterocycles. The summed E-state index contributed by atoms with van der Waals surface area (Å²) < 4.78 is 38.4. The fraction of sp³-hybridized carbons (Fsp3) is 0.0625. The van der Waals surface area contributed by atoms with E-state index in [1.54, 1.807) is 24.3 Å². The lowest BCUT2D eigenvalue weighted by molar-refractivity contribution is -0.137. The third-order valence-corrected chi connectivity index (χ3v) is 3.99. The van der Waals surface area contributed by atoms with E-state index >= 15 is 0 Å². The average Bonchev–Trinajstić information content (AvgIpc) is 2.50. The van der Waals surface area contributed by atoms with Crippen LogP contribution in [0.25, 0.3) is 5.57 Å². The van der Waals surface area contributed by atoms with E-state index in [0.717, 1.165) is 23.9 Å². The van der Waals surface area contributed by atoms with Crippen LogP contribution in [-0.2, 0) is 6.18 Å². The van der Waals surface area contributed by atoms with Crippen LogP contribution < -0.4 is 11.5 Å². The Morgan fingerprint density at radius 2 is 1.78 bits per heavy atom. The molecule has 7 heteroatoms. The third-order valence-electron chi connectivity index (χ3n) is 2.98. The van der Waals surface area contributed by atoms with E-state index in [0.29, 0.717) is 10.6 Å². The second-order valence-electron chi connectivity index (χ2n) is 4.57. The molecule has 0 aromatic heterocycles. The molecule has 0 heterocycles. The van der Waals surface area contributed by atoms with Gasteiger partial charge >= 0.3 is 6.18 Å². The molecule has 0 aliphatic carbocycles. The lowest BCUT2D eigenvalue weighted by Gasteiger charge is -2.10. The summed E-state index contributed by atoms with van der Waals surface area (Å²) in [6.07, 6.45) is -4.48. The van der Waals surface area contributed by atoms with Crippen molar-refractivity contribution in [1.82, 2.24) is 0 Å². The van der Waals surface area contributed by atoms with Crippen LogP contribution in [0, 0.1) is 11.3 Å². The quantitative estimate of drug-likeness (QED) is 0.500. The highest BCUT2D eigenvalue weighted by Crippen LogP contribution is 2.35. The molecule has 0 saturated carbocycles. The summed E-state index contributed by atoms with van der Waals surface area (Å²) >= 11 is 1.04. The fourth-order valence-electron chi connectivity index (χ4n) is 1.86. The van der Waals surface area contributed by atoms with Crippen LogP contribution in [0.3, 0.4) is 0 Å². The largest absolute Gasteiger partial charge is 0.416 e. The Labute approximate surface area is 135 Å². The molecule has 3 nitrogen and oxygen atoms in total. The Kier molecular flexibility index (Phi) is 4.86. The van der Waals surface area contributed by atoms with Gasteiger partial charge in [-0.05, 0) is 29.8 Å². The van der Waals surface area contributed by atoms with Crippen LogP contribution in [-0.4, -0.2) is 0 Å². The first kappa shape index (κ1) is 16.8. The van der Waals surface area contributed by atoms with Crippen molar-refractivity contribution in [2.45, 2.75) is 11.1 Å². The van der Waals surface area contributed by atoms with Crippen LogP contribution in [0.5, 0.6) is 0 Å². The normalized spacial score (nSPS) is 12.4. The molecule has 118 valence electrons.